The highest BCUT2D eigenvalue weighted by atomic mass is 32.2. The molecular formula is C96H110N14O14S2. The van der Waals surface area contributed by atoms with Gasteiger partial charge in [-0.05, 0) is 283 Å². The van der Waals surface area contributed by atoms with E-state index in [9.17, 15) is 46.7 Å². The second kappa shape index (κ2) is 36.9. The minimum Gasteiger partial charge on any atom is -0.455 e. The highest BCUT2D eigenvalue weighted by Gasteiger charge is 2.46. The van der Waals surface area contributed by atoms with Gasteiger partial charge in [-0.3, -0.25) is 49.4 Å². The third kappa shape index (κ3) is 18.9. The van der Waals surface area contributed by atoms with Gasteiger partial charge >= 0.3 is 0 Å². The van der Waals surface area contributed by atoms with Gasteiger partial charge in [-0.2, -0.15) is 0 Å². The van der Waals surface area contributed by atoms with Crippen molar-refractivity contribution in [3.63, 3.8) is 0 Å². The van der Waals surface area contributed by atoms with Gasteiger partial charge < -0.3 is 39.5 Å². The first-order valence-corrected chi connectivity index (χ1v) is 48.3. The second-order valence-electron chi connectivity index (χ2n) is 36.3. The van der Waals surface area contributed by atoms with Crippen LogP contribution in [-0.4, -0.2) is 181 Å². The fourth-order valence-electron chi connectivity index (χ4n) is 21.0. The average molecular weight is 1750 g/mol. The number of benzene rings is 6. The number of aromatic amines is 2. The first kappa shape index (κ1) is 84.8. The van der Waals surface area contributed by atoms with E-state index in [0.29, 0.717) is 98.6 Å². The van der Waals surface area contributed by atoms with E-state index in [2.05, 4.69) is 108 Å². The Morgan fingerprint density at radius 3 is 1.22 bits per heavy atom. The van der Waals surface area contributed by atoms with E-state index in [-0.39, 0.29) is 57.7 Å². The van der Waals surface area contributed by atoms with Crippen LogP contribution >= 0.6 is 0 Å². The van der Waals surface area contributed by atoms with Crippen molar-refractivity contribution in [1.29, 1.82) is 0 Å². The molecule has 6 N–H and O–H groups in total. The molecule has 4 aromatic heterocycles. The van der Waals surface area contributed by atoms with Crippen LogP contribution in [0.1, 0.15) is 218 Å². The predicted octanol–water partition coefficient (Wildman–Crippen LogP) is 17.3. The molecule has 126 heavy (non-hydrogen) atoms. The summed E-state index contributed by atoms with van der Waals surface area (Å²) in [5, 5.41) is 32.0. The standard InChI is InChI=1S/2C48H55N7O7S/c2*56-48(52-63(59,60)39-14-16-43(45(26-39)55(57)58)50-27-31-18-22-61-23-19-31)42-15-11-34(25-46(42)62-38-24-35-17-20-49-47(35)51-28-38)32-9-12-36(13-10-32)53-29-37(30-53)54-21-3-6-44(54)41-5-2-1-4-40(41)33-7-8-33/h2*1-2,4-5,11,14-17,20,24-26,28,31-33,36-37,44,50H,3,6-10,12-13,18-19,21-23,27,29-30H2,(H,49,51)(H,52,56). The number of nitrogens with one attached hydrogen (secondary N) is 6. The van der Waals surface area contributed by atoms with Crippen LogP contribution in [0.25, 0.3) is 22.1 Å². The van der Waals surface area contributed by atoms with Gasteiger partial charge in [-0.25, -0.2) is 36.2 Å². The maximum Gasteiger partial charge on any atom is 0.293 e. The second-order valence-corrected chi connectivity index (χ2v) is 39.7. The van der Waals surface area contributed by atoms with Gasteiger partial charge in [0, 0.05) is 137 Å². The molecule has 0 spiro atoms. The Morgan fingerprint density at radius 1 is 0.444 bits per heavy atom. The fraction of sp³-hybridized carbons (Fsp3) is 0.458. The largest absolute Gasteiger partial charge is 0.455 e. The van der Waals surface area contributed by atoms with Crippen LogP contribution in [0.4, 0.5) is 22.7 Å². The molecule has 2 unspecified atom stereocenters. The number of nitro groups is 2. The molecule has 6 aliphatic heterocycles. The van der Waals surface area contributed by atoms with E-state index in [1.807, 2.05) is 48.5 Å². The molecular weight excluding hydrogens is 1640 g/mol. The number of hydrogen-bond donors (Lipinski definition) is 6. The van der Waals surface area contributed by atoms with Crippen molar-refractivity contribution in [1.82, 2.24) is 49.0 Å². The van der Waals surface area contributed by atoms with Crippen LogP contribution < -0.4 is 29.6 Å². The van der Waals surface area contributed by atoms with Crippen LogP contribution in [0, 0.1) is 32.1 Å². The quantitative estimate of drug-likeness (QED) is 0.0196. The Balaban J connectivity index is 0.000000165. The van der Waals surface area contributed by atoms with E-state index >= 15 is 0 Å². The molecule has 20 rings (SSSR count). The normalized spacial score (nSPS) is 22.8. The molecule has 4 saturated carbocycles. The van der Waals surface area contributed by atoms with Crippen molar-refractivity contribution in [2.45, 2.75) is 198 Å². The number of likely N-dealkylation sites (tertiary alicyclic amines) is 4. The Kier molecular flexibility index (Phi) is 24.9. The molecule has 0 bridgehead atoms. The van der Waals surface area contributed by atoms with Crippen molar-refractivity contribution in [3.8, 4) is 23.0 Å². The lowest BCUT2D eigenvalue weighted by Crippen LogP contribution is -2.62. The van der Waals surface area contributed by atoms with Crippen molar-refractivity contribution in [3.05, 3.63) is 235 Å². The lowest BCUT2D eigenvalue weighted by molar-refractivity contribution is -0.384. The Labute approximate surface area is 734 Å². The van der Waals surface area contributed by atoms with E-state index in [1.54, 1.807) is 59.2 Å². The number of nitrogens with zero attached hydrogens (tertiary/aromatic N) is 8. The number of carbonyl (C=O) groups is 2. The van der Waals surface area contributed by atoms with Crippen molar-refractivity contribution in [2.75, 3.05) is 89.4 Å². The van der Waals surface area contributed by atoms with E-state index in [0.717, 1.165) is 149 Å². The van der Waals surface area contributed by atoms with E-state index in [1.165, 1.54) is 88.7 Å². The number of amides is 2. The van der Waals surface area contributed by atoms with Crippen molar-refractivity contribution >= 4 is 76.7 Å². The lowest BCUT2D eigenvalue weighted by atomic mass is 9.80. The summed E-state index contributed by atoms with van der Waals surface area (Å²) in [5.74, 6) is 1.93. The first-order chi connectivity index (χ1) is 61.3. The summed E-state index contributed by atoms with van der Waals surface area (Å²) < 4.78 is 82.6. The van der Waals surface area contributed by atoms with Gasteiger partial charge in [0.2, 0.25) is 0 Å². The molecule has 10 aromatic rings. The molecule has 2 atom stereocenters. The molecule has 2 amide bonds. The van der Waals surface area contributed by atoms with Gasteiger partial charge in [-0.15, -0.1) is 0 Å². The van der Waals surface area contributed by atoms with Crippen LogP contribution in [-0.2, 0) is 29.5 Å². The molecule has 6 saturated heterocycles. The summed E-state index contributed by atoms with van der Waals surface area (Å²) in [6.45, 7) is 10.4. The topological polar surface area (TPSA) is 344 Å². The number of ether oxygens (including phenoxy) is 4. The summed E-state index contributed by atoms with van der Waals surface area (Å²) in [5.41, 5.74) is 9.36. The van der Waals surface area contributed by atoms with Crippen molar-refractivity contribution < 1.29 is 55.2 Å². The minimum absolute atomic E-state index is 0.0148. The fourth-order valence-corrected chi connectivity index (χ4v) is 23.0. The van der Waals surface area contributed by atoms with Gasteiger partial charge in [0.1, 0.15) is 45.7 Å². The van der Waals surface area contributed by atoms with Gasteiger partial charge in [0.15, 0.2) is 0 Å². The summed E-state index contributed by atoms with van der Waals surface area (Å²) in [6, 6.07) is 47.0. The molecule has 10 fully saturated rings. The predicted molar refractivity (Wildman–Crippen MR) is 480 cm³/mol. The number of anilines is 2. The Morgan fingerprint density at radius 2 is 0.833 bits per heavy atom. The summed E-state index contributed by atoms with van der Waals surface area (Å²) >= 11 is 0. The number of aromatic nitrogens is 4. The summed E-state index contributed by atoms with van der Waals surface area (Å²) in [6.07, 6.45) is 28.6. The Hall–Kier alpha value is -10.7. The molecule has 10 aliphatic rings. The molecule has 0 radical (unpaired) electrons. The first-order valence-electron chi connectivity index (χ1n) is 45.3. The summed E-state index contributed by atoms with van der Waals surface area (Å²) in [4.78, 5) is 76.0. The SMILES string of the molecule is O=C(NS(=O)(=O)c1ccc(NCC2CCOCC2)c([N+](=O)[O-])c1)c1ccc(C2CCC(N3CC(N4CCCC4c4ccccc4C4CC4)C3)CC2)cc1Oc1cnc2[nH]ccc2c1.O=C(NS(=O)(=O)c1ccc(NCC2CCOCC2)c([N+](=O)[O-])c1)c1ccc(C2CCC(N3CC(N4CCCC4c4ccccc4C4CC4)C3)CC2)cc1Oc1cnc2[nH]ccc2c1. The van der Waals surface area contributed by atoms with Crippen LogP contribution in [0.15, 0.2) is 180 Å². The molecule has 10 heterocycles. The number of sulfonamides is 2. The number of H-pyrrole nitrogens is 2. The molecule has 660 valence electrons. The molecule has 30 heteroatoms. The smallest absolute Gasteiger partial charge is 0.293 e. The maximum absolute atomic E-state index is 13.9. The third-order valence-corrected chi connectivity index (χ3v) is 31.0. The van der Waals surface area contributed by atoms with E-state index < -0.39 is 62.9 Å². The number of hydrogen-bond acceptors (Lipinski definition) is 22. The van der Waals surface area contributed by atoms with Crippen molar-refractivity contribution in [2.24, 2.45) is 11.8 Å². The zero-order chi connectivity index (χ0) is 86.2. The van der Waals surface area contributed by atoms with E-state index in [4.69, 9.17) is 18.9 Å². The summed E-state index contributed by atoms with van der Waals surface area (Å²) in [7, 11) is -9.05. The molecule has 6 aromatic carbocycles. The maximum atomic E-state index is 13.9. The van der Waals surface area contributed by atoms with Gasteiger partial charge in [-0.1, -0.05) is 60.7 Å². The third-order valence-electron chi connectivity index (χ3n) is 28.4. The highest BCUT2D eigenvalue weighted by molar-refractivity contribution is 7.90. The van der Waals surface area contributed by atoms with Crippen LogP contribution in [0.5, 0.6) is 23.0 Å². The lowest BCUT2D eigenvalue weighted by Gasteiger charge is -2.51. The van der Waals surface area contributed by atoms with Crippen LogP contribution in [0.2, 0.25) is 0 Å². The highest BCUT2D eigenvalue weighted by Crippen LogP contribution is 2.50. The number of nitro benzene ring substituents is 2. The van der Waals surface area contributed by atoms with Crippen LogP contribution in [0.3, 0.4) is 0 Å². The number of rotatable bonds is 28. The molecule has 28 nitrogen and oxygen atoms in total. The zero-order valence-corrected chi connectivity index (χ0v) is 72.5. The average Bonchev–Trinajstić information content (AvgIpc) is 1.60. The monoisotopic (exact) mass is 1750 g/mol. The zero-order valence-electron chi connectivity index (χ0n) is 70.8. The van der Waals surface area contributed by atoms with Gasteiger partial charge in [0.05, 0.1) is 43.2 Å². The Bertz CT molecular complexity index is 5550. The van der Waals surface area contributed by atoms with Gasteiger partial charge in [0.25, 0.3) is 43.2 Å². The number of carbonyl (C=O) groups excluding carboxylic acids is 2. The molecule has 4 aliphatic carbocycles. The number of pyridine rings is 2. The minimum atomic E-state index is -4.53. The number of fused-ring (bicyclic) bond motifs is 2.